The summed E-state index contributed by atoms with van der Waals surface area (Å²) in [6.07, 6.45) is 0.758. The van der Waals surface area contributed by atoms with Gasteiger partial charge in [0.05, 0.1) is 16.6 Å². The number of benzene rings is 1. The number of thiophene rings is 1. The van der Waals surface area contributed by atoms with Crippen molar-refractivity contribution in [2.45, 2.75) is 12.5 Å². The molecule has 1 unspecified atom stereocenters. The number of nitrogens with one attached hydrogen (secondary N) is 1. The molecule has 1 aromatic carbocycles. The highest BCUT2D eigenvalue weighted by Crippen LogP contribution is 2.33. The number of rotatable bonds is 2. The molecule has 0 radical (unpaired) electrons. The summed E-state index contributed by atoms with van der Waals surface area (Å²) in [6.45, 7) is 0. The molecule has 2 aromatic rings. The largest absolute Gasteiger partial charge is 0.508 e. The zero-order valence-corrected chi connectivity index (χ0v) is 11.0. The van der Waals surface area contributed by atoms with Gasteiger partial charge >= 0.3 is 0 Å². The van der Waals surface area contributed by atoms with Gasteiger partial charge in [0.15, 0.2) is 0 Å². The van der Waals surface area contributed by atoms with Crippen LogP contribution in [0.15, 0.2) is 40.8 Å². The summed E-state index contributed by atoms with van der Waals surface area (Å²) in [4.78, 5) is 1.16. The quantitative estimate of drug-likeness (QED) is 0.882. The Morgan fingerprint density at radius 1 is 1.39 bits per heavy atom. The molecule has 0 bridgehead atoms. The SMILES string of the molecule is Oc1ccc(Cl)cc1C1CC(c2cccs2)=NN1. The van der Waals surface area contributed by atoms with E-state index in [0.29, 0.717) is 5.02 Å². The Bertz CT molecular complexity index is 595. The van der Waals surface area contributed by atoms with Gasteiger partial charge in [0.25, 0.3) is 0 Å². The molecular weight excluding hydrogens is 268 g/mol. The molecule has 0 spiro atoms. The molecule has 2 heterocycles. The standard InChI is InChI=1S/C13H11ClN2OS/c14-8-3-4-12(17)9(6-8)10-7-11(16-15-10)13-2-1-5-18-13/h1-6,10,15,17H,7H2. The van der Waals surface area contributed by atoms with Crippen LogP contribution in [0.4, 0.5) is 0 Å². The summed E-state index contributed by atoms with van der Waals surface area (Å²) in [5.41, 5.74) is 4.87. The van der Waals surface area contributed by atoms with E-state index in [9.17, 15) is 5.11 Å². The molecule has 0 aliphatic carbocycles. The van der Waals surface area contributed by atoms with E-state index in [1.165, 1.54) is 0 Å². The Labute approximate surface area is 114 Å². The lowest BCUT2D eigenvalue weighted by Gasteiger charge is -2.12. The Balaban J connectivity index is 1.84. The van der Waals surface area contributed by atoms with Gasteiger partial charge in [0.1, 0.15) is 5.75 Å². The fourth-order valence-electron chi connectivity index (χ4n) is 2.02. The number of aromatic hydroxyl groups is 1. The number of hydrazone groups is 1. The van der Waals surface area contributed by atoms with E-state index in [0.717, 1.165) is 22.6 Å². The molecule has 1 aliphatic rings. The van der Waals surface area contributed by atoms with Crippen molar-refractivity contribution < 1.29 is 5.11 Å². The lowest BCUT2D eigenvalue weighted by Crippen LogP contribution is -2.10. The summed E-state index contributed by atoms with van der Waals surface area (Å²) in [7, 11) is 0. The molecule has 0 saturated heterocycles. The van der Waals surface area contributed by atoms with Crippen molar-refractivity contribution >= 4 is 28.6 Å². The predicted octanol–water partition coefficient (Wildman–Crippen LogP) is 3.55. The van der Waals surface area contributed by atoms with Gasteiger partial charge in [0.2, 0.25) is 0 Å². The van der Waals surface area contributed by atoms with E-state index >= 15 is 0 Å². The van der Waals surface area contributed by atoms with Crippen LogP contribution in [-0.2, 0) is 0 Å². The maximum absolute atomic E-state index is 9.87. The third-order valence-corrected chi connectivity index (χ3v) is 4.08. The summed E-state index contributed by atoms with van der Waals surface area (Å²) in [6, 6.07) is 9.11. The third-order valence-electron chi connectivity index (χ3n) is 2.92. The fourth-order valence-corrected chi connectivity index (χ4v) is 2.93. The molecule has 1 aromatic heterocycles. The van der Waals surface area contributed by atoms with Crippen molar-refractivity contribution in [1.82, 2.24) is 5.43 Å². The van der Waals surface area contributed by atoms with E-state index < -0.39 is 0 Å². The van der Waals surface area contributed by atoms with E-state index in [2.05, 4.69) is 10.5 Å². The van der Waals surface area contributed by atoms with Gasteiger partial charge in [-0.05, 0) is 29.6 Å². The molecule has 1 aliphatic heterocycles. The van der Waals surface area contributed by atoms with Crippen LogP contribution >= 0.6 is 22.9 Å². The molecule has 1 atom stereocenters. The van der Waals surface area contributed by atoms with Crippen molar-refractivity contribution in [2.24, 2.45) is 5.10 Å². The lowest BCUT2D eigenvalue weighted by molar-refractivity contribution is 0.455. The molecule has 0 amide bonds. The third kappa shape index (κ3) is 2.09. The van der Waals surface area contributed by atoms with Gasteiger partial charge in [0, 0.05) is 17.0 Å². The van der Waals surface area contributed by atoms with Crippen molar-refractivity contribution in [1.29, 1.82) is 0 Å². The second-order valence-electron chi connectivity index (χ2n) is 4.12. The van der Waals surface area contributed by atoms with Gasteiger partial charge in [-0.25, -0.2) is 0 Å². The van der Waals surface area contributed by atoms with Crippen LogP contribution in [0, 0.1) is 0 Å². The van der Waals surface area contributed by atoms with E-state index in [1.807, 2.05) is 17.5 Å². The molecule has 0 fully saturated rings. The van der Waals surface area contributed by atoms with Crippen molar-refractivity contribution in [3.63, 3.8) is 0 Å². The molecular formula is C13H11ClN2OS. The summed E-state index contributed by atoms with van der Waals surface area (Å²) in [5, 5.41) is 16.8. The van der Waals surface area contributed by atoms with Gasteiger partial charge in [-0.15, -0.1) is 11.3 Å². The average molecular weight is 279 g/mol. The van der Waals surface area contributed by atoms with Crippen LogP contribution in [0.25, 0.3) is 0 Å². The molecule has 3 nitrogen and oxygen atoms in total. The summed E-state index contributed by atoms with van der Waals surface area (Å²) >= 11 is 7.62. The summed E-state index contributed by atoms with van der Waals surface area (Å²) in [5.74, 6) is 0.250. The number of hydrogen-bond acceptors (Lipinski definition) is 4. The minimum absolute atomic E-state index is 0.0131. The van der Waals surface area contributed by atoms with Crippen molar-refractivity contribution in [3.05, 3.63) is 51.2 Å². The van der Waals surface area contributed by atoms with Crippen LogP contribution in [-0.4, -0.2) is 10.8 Å². The van der Waals surface area contributed by atoms with E-state index in [-0.39, 0.29) is 11.8 Å². The number of nitrogens with zero attached hydrogens (tertiary/aromatic N) is 1. The highest BCUT2D eigenvalue weighted by Gasteiger charge is 2.24. The topological polar surface area (TPSA) is 44.6 Å². The van der Waals surface area contributed by atoms with Crippen molar-refractivity contribution in [2.75, 3.05) is 0 Å². The van der Waals surface area contributed by atoms with Crippen LogP contribution in [0.5, 0.6) is 5.75 Å². The predicted molar refractivity (Wildman–Crippen MR) is 74.5 cm³/mol. The minimum atomic E-state index is -0.0131. The first-order chi connectivity index (χ1) is 8.74. The lowest BCUT2D eigenvalue weighted by atomic mass is 10.0. The van der Waals surface area contributed by atoms with Crippen molar-refractivity contribution in [3.8, 4) is 5.75 Å². The average Bonchev–Trinajstić information content (AvgIpc) is 3.00. The second kappa shape index (κ2) is 4.63. The van der Waals surface area contributed by atoms with Gasteiger partial charge in [-0.3, -0.25) is 0 Å². The minimum Gasteiger partial charge on any atom is -0.508 e. The highest BCUT2D eigenvalue weighted by molar-refractivity contribution is 7.12. The van der Waals surface area contributed by atoms with Crippen LogP contribution in [0.3, 0.4) is 0 Å². The number of phenolic OH excluding ortho intramolecular Hbond substituents is 1. The smallest absolute Gasteiger partial charge is 0.121 e. The molecule has 2 N–H and O–H groups in total. The Morgan fingerprint density at radius 3 is 3.06 bits per heavy atom. The van der Waals surface area contributed by atoms with Gasteiger partial charge < -0.3 is 10.5 Å². The van der Waals surface area contributed by atoms with E-state index in [4.69, 9.17) is 11.6 Å². The Kier molecular flexibility index (Phi) is 2.97. The first-order valence-electron chi connectivity index (χ1n) is 5.58. The Morgan fingerprint density at radius 2 is 2.28 bits per heavy atom. The van der Waals surface area contributed by atoms with Crippen LogP contribution < -0.4 is 5.43 Å². The highest BCUT2D eigenvalue weighted by atomic mass is 35.5. The molecule has 3 rings (SSSR count). The number of phenols is 1. The summed E-state index contributed by atoms with van der Waals surface area (Å²) < 4.78 is 0. The zero-order chi connectivity index (χ0) is 12.5. The van der Waals surface area contributed by atoms with Crippen LogP contribution in [0.1, 0.15) is 22.9 Å². The maximum atomic E-state index is 9.87. The van der Waals surface area contributed by atoms with Gasteiger partial charge in [-0.1, -0.05) is 17.7 Å². The molecule has 0 saturated carbocycles. The number of hydrogen-bond donors (Lipinski definition) is 2. The van der Waals surface area contributed by atoms with Crippen LogP contribution in [0.2, 0.25) is 5.02 Å². The zero-order valence-electron chi connectivity index (χ0n) is 9.43. The number of halogens is 1. The molecule has 5 heteroatoms. The molecule has 18 heavy (non-hydrogen) atoms. The first-order valence-corrected chi connectivity index (χ1v) is 6.84. The van der Waals surface area contributed by atoms with E-state index in [1.54, 1.807) is 29.5 Å². The Hall–Kier alpha value is -1.52. The fraction of sp³-hybridized carbons (Fsp3) is 0.154. The van der Waals surface area contributed by atoms with Gasteiger partial charge in [-0.2, -0.15) is 5.10 Å². The maximum Gasteiger partial charge on any atom is 0.121 e. The molecule has 92 valence electrons. The normalized spacial score (nSPS) is 18.5. The first kappa shape index (κ1) is 11.6. The second-order valence-corrected chi connectivity index (χ2v) is 5.51. The monoisotopic (exact) mass is 278 g/mol.